The third-order valence-corrected chi connectivity index (χ3v) is 3.55. The standard InChI is InChI=1S/C15H10BrNO4/c1-20-11-7-6-10-12(18)13(19)14(21-15(10)17-11)8-2-4-9(16)5-3-8/h2-7,19H,1H3. The smallest absolute Gasteiger partial charge is 0.236 e. The maximum atomic E-state index is 12.2. The van der Waals surface area contributed by atoms with Crippen LogP contribution >= 0.6 is 15.9 Å². The zero-order valence-electron chi connectivity index (χ0n) is 11.0. The van der Waals surface area contributed by atoms with Crippen LogP contribution < -0.4 is 10.2 Å². The summed E-state index contributed by atoms with van der Waals surface area (Å²) in [6.45, 7) is 0. The van der Waals surface area contributed by atoms with Gasteiger partial charge in [0, 0.05) is 16.1 Å². The van der Waals surface area contributed by atoms with E-state index in [1.807, 2.05) is 0 Å². The summed E-state index contributed by atoms with van der Waals surface area (Å²) < 4.78 is 11.5. The first-order chi connectivity index (χ1) is 10.1. The quantitative estimate of drug-likeness (QED) is 0.769. The summed E-state index contributed by atoms with van der Waals surface area (Å²) in [5.41, 5.74) is 0.179. The minimum absolute atomic E-state index is 0.0840. The molecular formula is C15H10BrNO4. The van der Waals surface area contributed by atoms with Crippen molar-refractivity contribution in [2.24, 2.45) is 0 Å². The Hall–Kier alpha value is -2.34. The molecule has 6 heteroatoms. The molecule has 0 aliphatic carbocycles. The monoisotopic (exact) mass is 347 g/mol. The lowest BCUT2D eigenvalue weighted by molar-refractivity contribution is 0.395. The first-order valence-corrected chi connectivity index (χ1v) is 6.86. The van der Waals surface area contributed by atoms with Crippen molar-refractivity contribution in [3.63, 3.8) is 0 Å². The van der Waals surface area contributed by atoms with Gasteiger partial charge < -0.3 is 14.3 Å². The maximum Gasteiger partial charge on any atom is 0.236 e. The molecule has 0 saturated carbocycles. The van der Waals surface area contributed by atoms with E-state index in [1.165, 1.54) is 19.2 Å². The van der Waals surface area contributed by atoms with E-state index >= 15 is 0 Å². The van der Waals surface area contributed by atoms with Gasteiger partial charge in [0.25, 0.3) is 0 Å². The van der Waals surface area contributed by atoms with Crippen LogP contribution in [-0.4, -0.2) is 17.2 Å². The van der Waals surface area contributed by atoms with E-state index in [0.29, 0.717) is 11.4 Å². The van der Waals surface area contributed by atoms with Crippen LogP contribution in [0.25, 0.3) is 22.4 Å². The van der Waals surface area contributed by atoms with Crippen molar-refractivity contribution in [2.75, 3.05) is 7.11 Å². The third kappa shape index (κ3) is 2.38. The number of benzene rings is 1. The number of hydrogen-bond acceptors (Lipinski definition) is 5. The van der Waals surface area contributed by atoms with Gasteiger partial charge in [0.1, 0.15) is 0 Å². The molecule has 3 aromatic rings. The molecule has 21 heavy (non-hydrogen) atoms. The van der Waals surface area contributed by atoms with Gasteiger partial charge in [-0.25, -0.2) is 0 Å². The molecule has 0 radical (unpaired) electrons. The summed E-state index contributed by atoms with van der Waals surface area (Å²) in [4.78, 5) is 16.3. The Morgan fingerprint density at radius 2 is 1.90 bits per heavy atom. The second kappa shape index (κ2) is 5.21. The summed E-state index contributed by atoms with van der Waals surface area (Å²) in [5, 5.41) is 10.3. The number of nitrogens with zero attached hydrogens (tertiary/aromatic N) is 1. The molecule has 0 saturated heterocycles. The molecule has 0 spiro atoms. The highest BCUT2D eigenvalue weighted by Crippen LogP contribution is 2.30. The van der Waals surface area contributed by atoms with Crippen LogP contribution in [0.5, 0.6) is 11.6 Å². The normalized spacial score (nSPS) is 10.8. The van der Waals surface area contributed by atoms with Crippen molar-refractivity contribution in [1.82, 2.24) is 4.98 Å². The number of pyridine rings is 1. The van der Waals surface area contributed by atoms with E-state index in [9.17, 15) is 9.90 Å². The number of rotatable bonds is 2. The van der Waals surface area contributed by atoms with E-state index < -0.39 is 11.2 Å². The lowest BCUT2D eigenvalue weighted by Gasteiger charge is -2.06. The number of methoxy groups -OCH3 is 1. The molecule has 1 N–H and O–H groups in total. The van der Waals surface area contributed by atoms with E-state index in [4.69, 9.17) is 9.15 Å². The second-order valence-corrected chi connectivity index (χ2v) is 5.24. The zero-order chi connectivity index (χ0) is 15.0. The topological polar surface area (TPSA) is 72.6 Å². The number of hydrogen-bond donors (Lipinski definition) is 1. The van der Waals surface area contributed by atoms with Crippen LogP contribution in [-0.2, 0) is 0 Å². The molecule has 3 rings (SSSR count). The number of ether oxygens (including phenoxy) is 1. The molecule has 0 bridgehead atoms. The van der Waals surface area contributed by atoms with Gasteiger partial charge in [-0.2, -0.15) is 4.98 Å². The van der Waals surface area contributed by atoms with Crippen LogP contribution in [0, 0.1) is 0 Å². The molecule has 0 aliphatic rings. The van der Waals surface area contributed by atoms with Crippen molar-refractivity contribution in [3.8, 4) is 23.0 Å². The Morgan fingerprint density at radius 1 is 1.19 bits per heavy atom. The van der Waals surface area contributed by atoms with Crippen LogP contribution in [0.15, 0.2) is 50.1 Å². The number of aromatic nitrogens is 1. The molecule has 0 aliphatic heterocycles. The first kappa shape index (κ1) is 13.6. The minimum atomic E-state index is -0.524. The number of halogens is 1. The summed E-state index contributed by atoms with van der Waals surface area (Å²) in [6, 6.07) is 10.1. The zero-order valence-corrected chi connectivity index (χ0v) is 12.5. The van der Waals surface area contributed by atoms with Crippen molar-refractivity contribution in [3.05, 3.63) is 51.1 Å². The van der Waals surface area contributed by atoms with Crippen LogP contribution in [0.3, 0.4) is 0 Å². The predicted molar refractivity (Wildman–Crippen MR) is 81.6 cm³/mol. The summed E-state index contributed by atoms with van der Waals surface area (Å²) in [6.07, 6.45) is 0. The van der Waals surface area contributed by atoms with E-state index in [0.717, 1.165) is 4.47 Å². The van der Waals surface area contributed by atoms with Gasteiger partial charge in [0.2, 0.25) is 22.8 Å². The van der Waals surface area contributed by atoms with Crippen LogP contribution in [0.1, 0.15) is 0 Å². The predicted octanol–water partition coefficient (Wildman–Crippen LogP) is 3.33. The Bertz CT molecular complexity index is 871. The Kier molecular flexibility index (Phi) is 3.39. The summed E-state index contributed by atoms with van der Waals surface area (Å²) in [5.74, 6) is -0.0179. The van der Waals surface area contributed by atoms with Crippen LogP contribution in [0.4, 0.5) is 0 Å². The minimum Gasteiger partial charge on any atom is -0.502 e. The fourth-order valence-corrected chi connectivity index (χ4v) is 2.22. The summed E-state index contributed by atoms with van der Waals surface area (Å²) in [7, 11) is 1.47. The number of fused-ring (bicyclic) bond motifs is 1. The fourth-order valence-electron chi connectivity index (χ4n) is 1.96. The number of aromatic hydroxyl groups is 1. The molecule has 5 nitrogen and oxygen atoms in total. The van der Waals surface area contributed by atoms with Gasteiger partial charge in [-0.1, -0.05) is 15.9 Å². The highest BCUT2D eigenvalue weighted by Gasteiger charge is 2.16. The lowest BCUT2D eigenvalue weighted by atomic mass is 10.1. The van der Waals surface area contributed by atoms with Gasteiger partial charge >= 0.3 is 0 Å². The van der Waals surface area contributed by atoms with E-state index in [-0.39, 0.29) is 16.9 Å². The fraction of sp³-hybridized carbons (Fsp3) is 0.0667. The highest BCUT2D eigenvalue weighted by atomic mass is 79.9. The van der Waals surface area contributed by atoms with Crippen molar-refractivity contribution < 1.29 is 14.3 Å². The molecule has 1 aromatic carbocycles. The Morgan fingerprint density at radius 3 is 2.57 bits per heavy atom. The summed E-state index contributed by atoms with van der Waals surface area (Å²) >= 11 is 3.33. The molecule has 2 heterocycles. The van der Waals surface area contributed by atoms with Crippen molar-refractivity contribution >= 4 is 27.0 Å². The Labute approximate surface area is 127 Å². The van der Waals surface area contributed by atoms with Gasteiger partial charge in [-0.05, 0) is 30.3 Å². The first-order valence-electron chi connectivity index (χ1n) is 6.07. The molecule has 106 valence electrons. The molecule has 0 fully saturated rings. The van der Waals surface area contributed by atoms with Crippen molar-refractivity contribution in [1.29, 1.82) is 0 Å². The Balaban J connectivity index is 2.30. The van der Waals surface area contributed by atoms with E-state index in [2.05, 4.69) is 20.9 Å². The van der Waals surface area contributed by atoms with Gasteiger partial charge in [-0.15, -0.1) is 0 Å². The highest BCUT2D eigenvalue weighted by molar-refractivity contribution is 9.10. The lowest BCUT2D eigenvalue weighted by Crippen LogP contribution is -2.04. The SMILES string of the molecule is COc1ccc2c(=O)c(O)c(-c3ccc(Br)cc3)oc2n1. The van der Waals surface area contributed by atoms with Gasteiger partial charge in [0.05, 0.1) is 12.5 Å². The molecular weight excluding hydrogens is 338 g/mol. The van der Waals surface area contributed by atoms with Crippen molar-refractivity contribution in [2.45, 2.75) is 0 Å². The second-order valence-electron chi connectivity index (χ2n) is 4.32. The molecule has 0 atom stereocenters. The molecule has 2 aromatic heterocycles. The maximum absolute atomic E-state index is 12.2. The largest absolute Gasteiger partial charge is 0.502 e. The third-order valence-electron chi connectivity index (χ3n) is 3.02. The average molecular weight is 348 g/mol. The van der Waals surface area contributed by atoms with E-state index in [1.54, 1.807) is 24.3 Å². The molecule has 0 amide bonds. The average Bonchev–Trinajstić information content (AvgIpc) is 2.51. The van der Waals surface area contributed by atoms with Crippen LogP contribution in [0.2, 0.25) is 0 Å². The van der Waals surface area contributed by atoms with Gasteiger partial charge in [0.15, 0.2) is 5.76 Å². The molecule has 0 unspecified atom stereocenters. The van der Waals surface area contributed by atoms with Gasteiger partial charge in [-0.3, -0.25) is 4.79 Å².